The van der Waals surface area contributed by atoms with Gasteiger partial charge >= 0.3 is 0 Å². The Hall–Kier alpha value is -3.21. The van der Waals surface area contributed by atoms with Gasteiger partial charge in [0, 0.05) is 12.2 Å². The molecule has 0 bridgehead atoms. The van der Waals surface area contributed by atoms with Gasteiger partial charge in [-0.3, -0.25) is 4.79 Å². The molecule has 0 aliphatic heterocycles. The monoisotopic (exact) mass is 318 g/mol. The summed E-state index contributed by atoms with van der Waals surface area (Å²) in [6.07, 6.45) is 0. The molecule has 0 radical (unpaired) electrons. The van der Waals surface area contributed by atoms with Crippen LogP contribution >= 0.6 is 0 Å². The lowest BCUT2D eigenvalue weighted by molar-refractivity contribution is 0.0945. The number of amides is 1. The predicted octanol–water partition coefficient (Wildman–Crippen LogP) is 3.46. The van der Waals surface area contributed by atoms with Crippen LogP contribution < -0.4 is 10.6 Å². The fourth-order valence-corrected chi connectivity index (χ4v) is 2.26. The summed E-state index contributed by atoms with van der Waals surface area (Å²) < 4.78 is 0. The Morgan fingerprint density at radius 1 is 0.917 bits per heavy atom. The minimum Gasteiger partial charge on any atom is -0.347 e. The van der Waals surface area contributed by atoms with Crippen LogP contribution in [-0.2, 0) is 6.54 Å². The average molecular weight is 318 g/mol. The number of aryl methyl sites for hydroxylation is 1. The number of carbonyl (C=O) groups is 1. The van der Waals surface area contributed by atoms with E-state index >= 15 is 0 Å². The van der Waals surface area contributed by atoms with Crippen LogP contribution in [0, 0.1) is 6.92 Å². The molecule has 1 aromatic heterocycles. The van der Waals surface area contributed by atoms with Crippen molar-refractivity contribution in [3.8, 4) is 0 Å². The van der Waals surface area contributed by atoms with Gasteiger partial charge in [-0.2, -0.15) is 0 Å². The number of anilines is 2. The summed E-state index contributed by atoms with van der Waals surface area (Å²) in [6, 6.07) is 21.0. The summed E-state index contributed by atoms with van der Waals surface area (Å²) in [4.78, 5) is 12.2. The van der Waals surface area contributed by atoms with Crippen molar-refractivity contribution in [3.05, 3.63) is 83.6 Å². The second kappa shape index (κ2) is 7.37. The fourth-order valence-electron chi connectivity index (χ4n) is 2.26. The van der Waals surface area contributed by atoms with Gasteiger partial charge in [-0.1, -0.05) is 42.5 Å². The van der Waals surface area contributed by atoms with E-state index in [0.29, 0.717) is 18.1 Å². The molecule has 120 valence electrons. The van der Waals surface area contributed by atoms with E-state index in [9.17, 15) is 4.79 Å². The number of aromatic nitrogens is 2. The lowest BCUT2D eigenvalue weighted by atomic mass is 10.1. The minimum atomic E-state index is -0.239. The first kappa shape index (κ1) is 15.7. The van der Waals surface area contributed by atoms with Crippen molar-refractivity contribution in [1.82, 2.24) is 15.5 Å². The van der Waals surface area contributed by atoms with E-state index in [1.807, 2.05) is 61.5 Å². The summed E-state index contributed by atoms with van der Waals surface area (Å²) in [5.41, 5.74) is 3.44. The zero-order valence-corrected chi connectivity index (χ0v) is 13.4. The van der Waals surface area contributed by atoms with Crippen LogP contribution in [-0.4, -0.2) is 16.1 Å². The summed E-state index contributed by atoms with van der Waals surface area (Å²) in [5, 5.41) is 14.0. The van der Waals surface area contributed by atoms with Crippen molar-refractivity contribution in [3.63, 3.8) is 0 Å². The Labute approximate surface area is 140 Å². The van der Waals surface area contributed by atoms with Crippen LogP contribution in [0.1, 0.15) is 21.6 Å². The van der Waals surface area contributed by atoms with E-state index in [4.69, 9.17) is 0 Å². The molecular formula is C19H18N4O. The number of benzene rings is 2. The third kappa shape index (κ3) is 3.95. The Bertz CT molecular complexity index is 816. The van der Waals surface area contributed by atoms with E-state index in [1.165, 1.54) is 0 Å². The highest BCUT2D eigenvalue weighted by molar-refractivity contribution is 5.92. The normalized spacial score (nSPS) is 10.2. The Balaban J connectivity index is 1.61. The second-order valence-corrected chi connectivity index (χ2v) is 5.40. The Morgan fingerprint density at radius 3 is 2.38 bits per heavy atom. The summed E-state index contributed by atoms with van der Waals surface area (Å²) in [7, 11) is 0. The molecule has 3 aromatic rings. The van der Waals surface area contributed by atoms with E-state index < -0.39 is 0 Å². The van der Waals surface area contributed by atoms with E-state index in [0.717, 1.165) is 16.8 Å². The first-order valence-corrected chi connectivity index (χ1v) is 7.71. The Kier molecular flexibility index (Phi) is 4.81. The smallest absolute Gasteiger partial charge is 0.272 e. The molecule has 0 saturated heterocycles. The second-order valence-electron chi connectivity index (χ2n) is 5.40. The number of hydrogen-bond donors (Lipinski definition) is 2. The fraction of sp³-hybridized carbons (Fsp3) is 0.105. The van der Waals surface area contributed by atoms with Gasteiger partial charge in [0.15, 0.2) is 11.5 Å². The lowest BCUT2D eigenvalue weighted by Crippen LogP contribution is -2.24. The number of nitrogens with zero attached hydrogens (tertiary/aromatic N) is 2. The van der Waals surface area contributed by atoms with Crippen LogP contribution in [0.15, 0.2) is 66.7 Å². The molecule has 24 heavy (non-hydrogen) atoms. The van der Waals surface area contributed by atoms with Crippen molar-refractivity contribution in [2.24, 2.45) is 0 Å². The van der Waals surface area contributed by atoms with Gasteiger partial charge in [0.1, 0.15) is 0 Å². The summed E-state index contributed by atoms with van der Waals surface area (Å²) in [6.45, 7) is 2.49. The molecule has 0 saturated carbocycles. The van der Waals surface area contributed by atoms with E-state index in [1.54, 1.807) is 12.1 Å². The quantitative estimate of drug-likeness (QED) is 0.756. The van der Waals surface area contributed by atoms with Gasteiger partial charge < -0.3 is 10.6 Å². The third-order valence-electron chi connectivity index (χ3n) is 3.64. The van der Waals surface area contributed by atoms with Crippen molar-refractivity contribution in [2.75, 3.05) is 5.32 Å². The average Bonchev–Trinajstić information content (AvgIpc) is 2.62. The number of para-hydroxylation sites is 1. The number of hydrogen-bond acceptors (Lipinski definition) is 4. The lowest BCUT2D eigenvalue weighted by Gasteiger charge is -2.08. The zero-order valence-electron chi connectivity index (χ0n) is 13.4. The standard InChI is InChI=1S/C19H18N4O/c1-14-7-5-6-8-15(14)13-20-19(24)17-11-12-18(23-22-17)21-16-9-3-2-4-10-16/h2-12H,13H2,1H3,(H,20,24)(H,21,23). The molecule has 1 amide bonds. The van der Waals surface area contributed by atoms with Crippen LogP contribution in [0.2, 0.25) is 0 Å². The largest absolute Gasteiger partial charge is 0.347 e. The first-order valence-electron chi connectivity index (χ1n) is 7.71. The van der Waals surface area contributed by atoms with Gasteiger partial charge in [0.25, 0.3) is 5.91 Å². The van der Waals surface area contributed by atoms with E-state index in [2.05, 4.69) is 20.8 Å². The molecule has 2 N–H and O–H groups in total. The highest BCUT2D eigenvalue weighted by Gasteiger charge is 2.08. The topological polar surface area (TPSA) is 66.9 Å². The maximum Gasteiger partial charge on any atom is 0.272 e. The SMILES string of the molecule is Cc1ccccc1CNC(=O)c1ccc(Nc2ccccc2)nn1. The van der Waals surface area contributed by atoms with E-state index in [-0.39, 0.29) is 5.91 Å². The molecule has 0 aliphatic rings. The highest BCUT2D eigenvalue weighted by atomic mass is 16.1. The minimum absolute atomic E-state index is 0.239. The molecule has 0 spiro atoms. The molecule has 2 aromatic carbocycles. The summed E-state index contributed by atoms with van der Waals surface area (Å²) >= 11 is 0. The van der Waals surface area contributed by atoms with Gasteiger partial charge in [0.2, 0.25) is 0 Å². The predicted molar refractivity (Wildman–Crippen MR) is 94.1 cm³/mol. The van der Waals surface area contributed by atoms with Gasteiger partial charge in [0.05, 0.1) is 0 Å². The van der Waals surface area contributed by atoms with Gasteiger partial charge in [-0.05, 0) is 42.3 Å². The van der Waals surface area contributed by atoms with Crippen molar-refractivity contribution < 1.29 is 4.79 Å². The van der Waals surface area contributed by atoms with Gasteiger partial charge in [-0.15, -0.1) is 10.2 Å². The van der Waals surface area contributed by atoms with Crippen LogP contribution in [0.25, 0.3) is 0 Å². The molecule has 0 aliphatic carbocycles. The number of rotatable bonds is 5. The molecule has 3 rings (SSSR count). The van der Waals surface area contributed by atoms with Crippen LogP contribution in [0.5, 0.6) is 0 Å². The molecule has 0 unspecified atom stereocenters. The zero-order chi connectivity index (χ0) is 16.8. The highest BCUT2D eigenvalue weighted by Crippen LogP contribution is 2.13. The maximum atomic E-state index is 12.2. The summed E-state index contributed by atoms with van der Waals surface area (Å²) in [5.74, 6) is 0.355. The van der Waals surface area contributed by atoms with Gasteiger partial charge in [-0.25, -0.2) is 0 Å². The molecule has 1 heterocycles. The number of carbonyl (C=O) groups excluding carboxylic acids is 1. The Morgan fingerprint density at radius 2 is 1.67 bits per heavy atom. The van der Waals surface area contributed by atoms with Crippen LogP contribution in [0.3, 0.4) is 0 Å². The molecule has 5 heteroatoms. The van der Waals surface area contributed by atoms with Crippen molar-refractivity contribution in [1.29, 1.82) is 0 Å². The molecule has 5 nitrogen and oxygen atoms in total. The third-order valence-corrected chi connectivity index (χ3v) is 3.64. The molecular weight excluding hydrogens is 300 g/mol. The maximum absolute atomic E-state index is 12.2. The molecule has 0 atom stereocenters. The first-order chi connectivity index (χ1) is 11.7. The molecule has 0 fully saturated rings. The van der Waals surface area contributed by atoms with Crippen molar-refractivity contribution in [2.45, 2.75) is 13.5 Å². The van der Waals surface area contributed by atoms with Crippen LogP contribution in [0.4, 0.5) is 11.5 Å². The number of nitrogens with one attached hydrogen (secondary N) is 2. The van der Waals surface area contributed by atoms with Crippen molar-refractivity contribution >= 4 is 17.4 Å².